The molecule has 0 aliphatic carbocycles. The van der Waals surface area contributed by atoms with E-state index >= 15 is 0 Å². The van der Waals surface area contributed by atoms with Crippen LogP contribution in [0, 0.1) is 26.6 Å². The number of benzene rings is 2. The third-order valence-corrected chi connectivity index (χ3v) is 4.82. The van der Waals surface area contributed by atoms with Crippen molar-refractivity contribution >= 4 is 11.8 Å². The molecule has 1 heterocycles. The van der Waals surface area contributed by atoms with Crippen molar-refractivity contribution in [1.29, 1.82) is 0 Å². The number of hydrogen-bond acceptors (Lipinski definition) is 2. The Morgan fingerprint density at radius 1 is 0.897 bits per heavy atom. The second-order valence-electron chi connectivity index (χ2n) is 6.93. The van der Waals surface area contributed by atoms with Crippen LogP contribution in [-0.4, -0.2) is 29.5 Å². The maximum absolute atomic E-state index is 13.6. The first-order valence-corrected chi connectivity index (χ1v) is 9.45. The summed E-state index contributed by atoms with van der Waals surface area (Å²) in [6, 6.07) is 16.0. The van der Waals surface area contributed by atoms with E-state index in [4.69, 9.17) is 0 Å². The molecule has 29 heavy (non-hydrogen) atoms. The fourth-order valence-electron chi connectivity index (χ4n) is 3.25. The highest BCUT2D eigenvalue weighted by atomic mass is 19.1. The Hall–Kier alpha value is -3.41. The van der Waals surface area contributed by atoms with Crippen LogP contribution in [0.4, 0.5) is 4.39 Å². The van der Waals surface area contributed by atoms with Gasteiger partial charge in [-0.1, -0.05) is 24.3 Å². The number of nitrogens with zero attached hydrogens (tertiary/aromatic N) is 1. The van der Waals surface area contributed by atoms with Crippen LogP contribution >= 0.6 is 0 Å². The monoisotopic (exact) mass is 393 g/mol. The molecule has 0 atom stereocenters. The number of carbonyl (C=O) groups excluding carboxylic acids is 2. The van der Waals surface area contributed by atoms with Crippen molar-refractivity contribution in [2.45, 2.75) is 20.8 Å². The minimum atomic E-state index is -0.417. The second kappa shape index (κ2) is 8.73. The Labute approximate surface area is 169 Å². The van der Waals surface area contributed by atoms with Gasteiger partial charge in [-0.15, -0.1) is 0 Å². The van der Waals surface area contributed by atoms with Gasteiger partial charge in [0.05, 0.1) is 5.56 Å². The fourth-order valence-corrected chi connectivity index (χ4v) is 3.25. The summed E-state index contributed by atoms with van der Waals surface area (Å²) in [7, 11) is 0. The van der Waals surface area contributed by atoms with E-state index < -0.39 is 5.82 Å². The van der Waals surface area contributed by atoms with Gasteiger partial charge in [0.1, 0.15) is 5.82 Å². The van der Waals surface area contributed by atoms with E-state index in [9.17, 15) is 14.0 Å². The summed E-state index contributed by atoms with van der Waals surface area (Å²) in [5.74, 6) is -0.990. The molecule has 1 aromatic heterocycles. The fraction of sp³-hybridized carbons (Fsp3) is 0.217. The van der Waals surface area contributed by atoms with Crippen LogP contribution in [0.5, 0.6) is 0 Å². The lowest BCUT2D eigenvalue weighted by molar-refractivity contribution is 0.0927. The van der Waals surface area contributed by atoms with E-state index in [2.05, 4.69) is 10.6 Å². The third-order valence-electron chi connectivity index (χ3n) is 4.82. The van der Waals surface area contributed by atoms with Crippen LogP contribution in [0.25, 0.3) is 5.69 Å². The van der Waals surface area contributed by atoms with E-state index in [0.717, 1.165) is 17.1 Å². The largest absolute Gasteiger partial charge is 0.350 e. The average Bonchev–Trinajstić information content (AvgIpc) is 3.01. The number of aryl methyl sites for hydroxylation is 2. The summed E-state index contributed by atoms with van der Waals surface area (Å²) in [6.45, 7) is 6.02. The molecule has 0 aliphatic rings. The lowest BCUT2D eigenvalue weighted by Gasteiger charge is -2.10. The van der Waals surface area contributed by atoms with Gasteiger partial charge < -0.3 is 15.2 Å². The number of aromatic nitrogens is 1. The van der Waals surface area contributed by atoms with Crippen LogP contribution < -0.4 is 10.6 Å². The van der Waals surface area contributed by atoms with Crippen LogP contribution in [0.1, 0.15) is 37.7 Å². The third kappa shape index (κ3) is 4.54. The minimum Gasteiger partial charge on any atom is -0.350 e. The van der Waals surface area contributed by atoms with Gasteiger partial charge in [0.25, 0.3) is 11.8 Å². The Balaban J connectivity index is 1.57. The van der Waals surface area contributed by atoms with Crippen LogP contribution in [0.3, 0.4) is 0 Å². The van der Waals surface area contributed by atoms with E-state index in [0.29, 0.717) is 11.1 Å². The van der Waals surface area contributed by atoms with Crippen molar-refractivity contribution < 1.29 is 14.0 Å². The van der Waals surface area contributed by atoms with E-state index in [1.54, 1.807) is 19.1 Å². The Morgan fingerprint density at radius 3 is 2.21 bits per heavy atom. The number of hydrogen-bond donors (Lipinski definition) is 2. The first kappa shape index (κ1) is 20.3. The SMILES string of the molecule is Cc1ccc(C(=O)NCCNC(=O)c2cc(C)n(-c3ccccc3)c2C)cc1F. The second-order valence-corrected chi connectivity index (χ2v) is 6.93. The Bertz CT molecular complexity index is 1040. The summed E-state index contributed by atoms with van der Waals surface area (Å²) in [5.41, 5.74) is 4.16. The van der Waals surface area contributed by atoms with Crippen molar-refractivity contribution in [2.75, 3.05) is 13.1 Å². The molecule has 0 spiro atoms. The molecule has 5 nitrogen and oxygen atoms in total. The molecule has 0 radical (unpaired) electrons. The Kier molecular flexibility index (Phi) is 6.12. The highest BCUT2D eigenvalue weighted by molar-refractivity contribution is 5.96. The number of amides is 2. The number of nitrogens with one attached hydrogen (secondary N) is 2. The molecule has 3 aromatic rings. The quantitative estimate of drug-likeness (QED) is 0.627. The summed E-state index contributed by atoms with van der Waals surface area (Å²) >= 11 is 0. The average molecular weight is 393 g/mol. The highest BCUT2D eigenvalue weighted by Gasteiger charge is 2.16. The molecule has 3 rings (SSSR count). The van der Waals surface area contributed by atoms with Gasteiger partial charge in [0.2, 0.25) is 0 Å². The predicted molar refractivity (Wildman–Crippen MR) is 111 cm³/mol. The number of carbonyl (C=O) groups is 2. The lowest BCUT2D eigenvalue weighted by Crippen LogP contribution is -2.34. The zero-order valence-electron chi connectivity index (χ0n) is 16.8. The first-order chi connectivity index (χ1) is 13.9. The van der Waals surface area contributed by atoms with Crippen LogP contribution in [-0.2, 0) is 0 Å². The number of rotatable bonds is 6. The van der Waals surface area contributed by atoms with E-state index in [1.165, 1.54) is 6.07 Å². The zero-order chi connectivity index (χ0) is 21.0. The molecule has 2 aromatic carbocycles. The van der Waals surface area contributed by atoms with Crippen molar-refractivity contribution in [2.24, 2.45) is 0 Å². The molecule has 0 unspecified atom stereocenters. The van der Waals surface area contributed by atoms with E-state index in [1.807, 2.05) is 54.8 Å². The smallest absolute Gasteiger partial charge is 0.253 e. The summed E-state index contributed by atoms with van der Waals surface area (Å²) in [5, 5.41) is 5.50. The van der Waals surface area contributed by atoms with Gasteiger partial charge in [0, 0.05) is 35.7 Å². The van der Waals surface area contributed by atoms with E-state index in [-0.39, 0.29) is 30.5 Å². The highest BCUT2D eigenvalue weighted by Crippen LogP contribution is 2.20. The predicted octanol–water partition coefficient (Wildman–Crippen LogP) is 3.70. The van der Waals surface area contributed by atoms with Crippen molar-refractivity contribution in [1.82, 2.24) is 15.2 Å². The first-order valence-electron chi connectivity index (χ1n) is 9.45. The zero-order valence-corrected chi connectivity index (χ0v) is 16.8. The number of para-hydroxylation sites is 1. The van der Waals surface area contributed by atoms with Crippen molar-refractivity contribution in [3.05, 3.63) is 88.5 Å². The molecule has 0 fully saturated rings. The molecule has 0 saturated heterocycles. The van der Waals surface area contributed by atoms with Crippen molar-refractivity contribution in [3.8, 4) is 5.69 Å². The molecule has 0 bridgehead atoms. The minimum absolute atomic E-state index is 0.198. The summed E-state index contributed by atoms with van der Waals surface area (Å²) in [4.78, 5) is 24.7. The maximum Gasteiger partial charge on any atom is 0.253 e. The molecule has 0 saturated carbocycles. The van der Waals surface area contributed by atoms with Crippen LogP contribution in [0.15, 0.2) is 54.6 Å². The molecule has 0 aliphatic heterocycles. The van der Waals surface area contributed by atoms with Gasteiger partial charge in [-0.25, -0.2) is 4.39 Å². The molecule has 6 heteroatoms. The molecule has 2 N–H and O–H groups in total. The van der Waals surface area contributed by atoms with Gasteiger partial charge in [-0.3, -0.25) is 9.59 Å². The van der Waals surface area contributed by atoms with Gasteiger partial charge in [-0.2, -0.15) is 0 Å². The molecular formula is C23H24FN3O2. The van der Waals surface area contributed by atoms with Crippen LogP contribution in [0.2, 0.25) is 0 Å². The standard InChI is InChI=1S/C23H24FN3O2/c1-15-9-10-18(14-21(15)24)22(28)25-11-12-26-23(29)20-13-16(2)27(17(20)3)19-7-5-4-6-8-19/h4-10,13-14H,11-12H2,1-3H3,(H,25,28)(H,26,29). The molecule has 2 amide bonds. The lowest BCUT2D eigenvalue weighted by atomic mass is 10.1. The molecular weight excluding hydrogens is 369 g/mol. The van der Waals surface area contributed by atoms with Gasteiger partial charge in [-0.05, 0) is 56.7 Å². The number of halogens is 1. The van der Waals surface area contributed by atoms with Gasteiger partial charge in [0.15, 0.2) is 0 Å². The topological polar surface area (TPSA) is 63.1 Å². The summed E-state index contributed by atoms with van der Waals surface area (Å²) < 4.78 is 15.6. The van der Waals surface area contributed by atoms with Crippen molar-refractivity contribution in [3.63, 3.8) is 0 Å². The summed E-state index contributed by atoms with van der Waals surface area (Å²) in [6.07, 6.45) is 0. The van der Waals surface area contributed by atoms with Gasteiger partial charge >= 0.3 is 0 Å². The Morgan fingerprint density at radius 2 is 1.55 bits per heavy atom. The maximum atomic E-state index is 13.6. The molecule has 150 valence electrons. The normalized spacial score (nSPS) is 10.6.